The van der Waals surface area contributed by atoms with Gasteiger partial charge in [0.15, 0.2) is 0 Å². The van der Waals surface area contributed by atoms with E-state index in [1.165, 1.54) is 0 Å². The Morgan fingerprint density at radius 1 is 1.56 bits per heavy atom. The summed E-state index contributed by atoms with van der Waals surface area (Å²) in [5, 5.41) is 12.0. The second-order valence-corrected chi connectivity index (χ2v) is 4.54. The largest absolute Gasteiger partial charge is 0.411 e. The maximum absolute atomic E-state index is 11.8. The first-order chi connectivity index (χ1) is 7.69. The number of carbonyl (C=O) groups excluding carboxylic acids is 1. The highest BCUT2D eigenvalue weighted by molar-refractivity contribution is 5.89. The van der Waals surface area contributed by atoms with Gasteiger partial charge in [-0.25, -0.2) is 0 Å². The van der Waals surface area contributed by atoms with E-state index in [0.717, 1.165) is 25.0 Å². The van der Waals surface area contributed by atoms with Gasteiger partial charge in [0.1, 0.15) is 0 Å². The van der Waals surface area contributed by atoms with Gasteiger partial charge in [0, 0.05) is 31.8 Å². The molecule has 0 radical (unpaired) electrons. The van der Waals surface area contributed by atoms with E-state index >= 15 is 0 Å². The molecule has 1 fully saturated rings. The summed E-state index contributed by atoms with van der Waals surface area (Å²) in [7, 11) is 0. The van der Waals surface area contributed by atoms with Crippen molar-refractivity contribution in [3.63, 3.8) is 0 Å². The average molecular weight is 226 g/mol. The van der Waals surface area contributed by atoms with E-state index in [2.05, 4.69) is 12.1 Å². The fraction of sp³-hybridized carbons (Fsp3) is 0.833. The van der Waals surface area contributed by atoms with Gasteiger partial charge in [0.05, 0.1) is 5.71 Å². The summed E-state index contributed by atoms with van der Waals surface area (Å²) in [6.45, 7) is 5.54. The molecule has 1 saturated heterocycles. The second-order valence-electron chi connectivity index (χ2n) is 4.54. The summed E-state index contributed by atoms with van der Waals surface area (Å²) >= 11 is 0. The van der Waals surface area contributed by atoms with Gasteiger partial charge >= 0.3 is 0 Å². The van der Waals surface area contributed by atoms with Crippen molar-refractivity contribution in [2.45, 2.75) is 46.0 Å². The minimum atomic E-state index is 0.189. The van der Waals surface area contributed by atoms with E-state index < -0.39 is 0 Å². The van der Waals surface area contributed by atoms with Gasteiger partial charge in [-0.2, -0.15) is 0 Å². The number of amides is 1. The van der Waals surface area contributed by atoms with Crippen molar-refractivity contribution in [1.29, 1.82) is 0 Å². The van der Waals surface area contributed by atoms with Crippen molar-refractivity contribution >= 4 is 11.6 Å². The van der Waals surface area contributed by atoms with Gasteiger partial charge < -0.3 is 10.1 Å². The van der Waals surface area contributed by atoms with Gasteiger partial charge in [-0.1, -0.05) is 31.8 Å². The molecule has 16 heavy (non-hydrogen) atoms. The van der Waals surface area contributed by atoms with E-state index in [1.54, 1.807) is 0 Å². The summed E-state index contributed by atoms with van der Waals surface area (Å²) in [5.74, 6) is 0.436. The molecule has 0 saturated carbocycles. The first-order valence-corrected chi connectivity index (χ1v) is 6.17. The van der Waals surface area contributed by atoms with Crippen LogP contribution in [-0.2, 0) is 4.79 Å². The van der Waals surface area contributed by atoms with Gasteiger partial charge in [-0.3, -0.25) is 4.79 Å². The molecule has 1 unspecified atom stereocenters. The van der Waals surface area contributed by atoms with Crippen molar-refractivity contribution in [2.24, 2.45) is 11.1 Å². The minimum Gasteiger partial charge on any atom is -0.411 e. The van der Waals surface area contributed by atoms with Crippen LogP contribution in [0, 0.1) is 5.92 Å². The van der Waals surface area contributed by atoms with Gasteiger partial charge in [0.25, 0.3) is 0 Å². The van der Waals surface area contributed by atoms with Crippen LogP contribution in [0.4, 0.5) is 0 Å². The second kappa shape index (κ2) is 6.51. The van der Waals surface area contributed by atoms with Crippen LogP contribution in [0.15, 0.2) is 5.16 Å². The Kier molecular flexibility index (Phi) is 5.29. The lowest BCUT2D eigenvalue weighted by Gasteiger charge is -2.31. The van der Waals surface area contributed by atoms with Crippen molar-refractivity contribution in [1.82, 2.24) is 4.90 Å². The number of nitrogens with zero attached hydrogens (tertiary/aromatic N) is 2. The Morgan fingerprint density at radius 3 is 2.88 bits per heavy atom. The Bertz CT molecular complexity index is 264. The van der Waals surface area contributed by atoms with E-state index in [-0.39, 0.29) is 11.8 Å². The zero-order chi connectivity index (χ0) is 12.0. The summed E-state index contributed by atoms with van der Waals surface area (Å²) in [4.78, 5) is 13.7. The quantitative estimate of drug-likeness (QED) is 0.454. The normalized spacial score (nSPS) is 23.8. The van der Waals surface area contributed by atoms with Crippen LogP contribution in [0.25, 0.3) is 0 Å². The van der Waals surface area contributed by atoms with Crippen LogP contribution in [0.5, 0.6) is 0 Å². The Morgan fingerprint density at radius 2 is 2.31 bits per heavy atom. The van der Waals surface area contributed by atoms with E-state index in [4.69, 9.17) is 5.21 Å². The van der Waals surface area contributed by atoms with Crippen LogP contribution < -0.4 is 0 Å². The molecule has 1 atom stereocenters. The number of hydrogen-bond acceptors (Lipinski definition) is 3. The van der Waals surface area contributed by atoms with Crippen molar-refractivity contribution in [3.8, 4) is 0 Å². The van der Waals surface area contributed by atoms with Crippen molar-refractivity contribution < 1.29 is 10.0 Å². The van der Waals surface area contributed by atoms with Crippen LogP contribution in [0.1, 0.15) is 46.0 Å². The van der Waals surface area contributed by atoms with Gasteiger partial charge in [-0.05, 0) is 6.42 Å². The van der Waals surface area contributed by atoms with Gasteiger partial charge in [-0.15, -0.1) is 0 Å². The highest BCUT2D eigenvalue weighted by atomic mass is 16.4. The Hall–Kier alpha value is -1.06. The summed E-state index contributed by atoms with van der Waals surface area (Å²) in [6.07, 6.45) is 4.62. The molecule has 4 nitrogen and oxygen atoms in total. The highest BCUT2D eigenvalue weighted by Crippen LogP contribution is 2.15. The van der Waals surface area contributed by atoms with E-state index in [0.29, 0.717) is 25.9 Å². The smallest absolute Gasteiger partial charge is 0.222 e. The molecule has 1 N–H and O–H groups in total. The number of unbranched alkanes of at least 4 members (excludes halogenated alkanes) is 2. The molecule has 1 rings (SSSR count). The summed E-state index contributed by atoms with van der Waals surface area (Å²) in [5.41, 5.74) is 0.817. The van der Waals surface area contributed by atoms with Crippen LogP contribution in [0.2, 0.25) is 0 Å². The first-order valence-electron chi connectivity index (χ1n) is 6.17. The molecule has 1 aliphatic heterocycles. The van der Waals surface area contributed by atoms with Crippen molar-refractivity contribution in [3.05, 3.63) is 0 Å². The monoisotopic (exact) mass is 226 g/mol. The Balaban J connectivity index is 2.36. The number of rotatable bonds is 4. The zero-order valence-electron chi connectivity index (χ0n) is 10.3. The Labute approximate surface area is 97.3 Å². The third kappa shape index (κ3) is 3.51. The fourth-order valence-electron chi connectivity index (χ4n) is 2.08. The van der Waals surface area contributed by atoms with Gasteiger partial charge in [0.2, 0.25) is 5.91 Å². The number of carbonyl (C=O) groups is 1. The van der Waals surface area contributed by atoms with Crippen LogP contribution >= 0.6 is 0 Å². The fourth-order valence-corrected chi connectivity index (χ4v) is 2.08. The van der Waals surface area contributed by atoms with E-state index in [9.17, 15) is 4.79 Å². The number of hydrogen-bond donors (Lipinski definition) is 1. The average Bonchev–Trinajstić information content (AvgIpc) is 2.29. The molecule has 1 aliphatic rings. The van der Waals surface area contributed by atoms with Crippen molar-refractivity contribution in [2.75, 3.05) is 13.1 Å². The highest BCUT2D eigenvalue weighted by Gasteiger charge is 2.25. The molecule has 0 aliphatic carbocycles. The predicted octanol–water partition coefficient (Wildman–Crippen LogP) is 2.27. The molecule has 0 aromatic carbocycles. The van der Waals surface area contributed by atoms with Crippen LogP contribution in [-0.4, -0.2) is 34.8 Å². The molecule has 1 amide bonds. The number of likely N-dealkylation sites (tertiary alicyclic amines) is 1. The zero-order valence-corrected chi connectivity index (χ0v) is 10.3. The molecule has 0 aromatic rings. The molecule has 0 spiro atoms. The maximum Gasteiger partial charge on any atom is 0.222 e. The lowest BCUT2D eigenvalue weighted by molar-refractivity contribution is -0.131. The standard InChI is InChI=1S/C12H22N2O2/c1-3-4-5-6-12(15)14-8-7-11(13-16)10(2)9-14/h10,16H,3-9H2,1-2H3. The third-order valence-corrected chi connectivity index (χ3v) is 3.18. The van der Waals surface area contributed by atoms with Crippen LogP contribution in [0.3, 0.4) is 0 Å². The molecule has 0 aromatic heterocycles. The topological polar surface area (TPSA) is 52.9 Å². The predicted molar refractivity (Wildman–Crippen MR) is 63.7 cm³/mol. The molecular weight excluding hydrogens is 204 g/mol. The lowest BCUT2D eigenvalue weighted by Crippen LogP contribution is -2.43. The summed E-state index contributed by atoms with van der Waals surface area (Å²) in [6, 6.07) is 0. The minimum absolute atomic E-state index is 0.189. The first kappa shape index (κ1) is 13.0. The number of piperidine rings is 1. The SMILES string of the molecule is CCCCCC(=O)N1CCC(=NO)C(C)C1. The molecule has 1 heterocycles. The maximum atomic E-state index is 11.8. The molecule has 0 bridgehead atoms. The molecule has 92 valence electrons. The molecular formula is C12H22N2O2. The molecule has 4 heteroatoms. The lowest BCUT2D eigenvalue weighted by atomic mass is 9.97. The third-order valence-electron chi connectivity index (χ3n) is 3.18. The van der Waals surface area contributed by atoms with E-state index in [1.807, 2.05) is 11.8 Å². The number of oxime groups is 1. The summed E-state index contributed by atoms with van der Waals surface area (Å²) < 4.78 is 0.